The zero-order valence-electron chi connectivity index (χ0n) is 10.6. The van der Waals surface area contributed by atoms with Gasteiger partial charge in [0.15, 0.2) is 0 Å². The fraction of sp³-hybridized carbons (Fsp3) is 0.176. The summed E-state index contributed by atoms with van der Waals surface area (Å²) < 4.78 is 27.6. The van der Waals surface area contributed by atoms with Gasteiger partial charge in [0, 0.05) is 5.56 Å². The third kappa shape index (κ3) is 4.02. The molecule has 0 unspecified atom stereocenters. The summed E-state index contributed by atoms with van der Waals surface area (Å²) in [6.07, 6.45) is 3.94. The van der Waals surface area contributed by atoms with Crippen LogP contribution in [-0.2, 0) is 12.3 Å². The Morgan fingerprint density at radius 2 is 1.42 bits per heavy atom. The number of rotatable bonds is 5. The van der Waals surface area contributed by atoms with Crippen LogP contribution in [0.3, 0.4) is 0 Å². The molecule has 2 aromatic carbocycles. The molecule has 0 aliphatic carbocycles. The quantitative estimate of drug-likeness (QED) is 0.664. The van der Waals surface area contributed by atoms with E-state index in [0.717, 1.165) is 18.1 Å². The van der Waals surface area contributed by atoms with E-state index in [1.165, 1.54) is 12.1 Å². The van der Waals surface area contributed by atoms with E-state index < -0.39 is 5.92 Å². The largest absolute Gasteiger partial charge is 0.291 e. The van der Waals surface area contributed by atoms with Crippen molar-refractivity contribution in [3.05, 3.63) is 83.9 Å². The molecule has 0 fully saturated rings. The summed E-state index contributed by atoms with van der Waals surface area (Å²) in [7, 11) is 0. The van der Waals surface area contributed by atoms with Crippen LogP contribution in [0.1, 0.15) is 17.5 Å². The van der Waals surface area contributed by atoms with Crippen LogP contribution in [0.25, 0.3) is 0 Å². The summed E-state index contributed by atoms with van der Waals surface area (Å²) in [5, 5.41) is 0. The van der Waals surface area contributed by atoms with Crippen molar-refractivity contribution in [2.24, 2.45) is 0 Å². The van der Waals surface area contributed by atoms with E-state index in [0.29, 0.717) is 6.42 Å². The van der Waals surface area contributed by atoms with E-state index in [1.54, 1.807) is 24.3 Å². The smallest absolute Gasteiger partial charge is 0.197 e. The third-order valence-corrected chi connectivity index (χ3v) is 2.93. The van der Waals surface area contributed by atoms with E-state index in [1.807, 2.05) is 30.3 Å². The number of aryl methyl sites for hydroxylation is 1. The van der Waals surface area contributed by atoms with Crippen LogP contribution in [0.4, 0.5) is 8.78 Å². The highest BCUT2D eigenvalue weighted by Crippen LogP contribution is 2.29. The second kappa shape index (κ2) is 6.28. The number of alkyl halides is 2. The van der Waals surface area contributed by atoms with E-state index in [2.05, 4.69) is 0 Å². The lowest BCUT2D eigenvalue weighted by Gasteiger charge is -2.11. The van der Waals surface area contributed by atoms with Crippen molar-refractivity contribution in [2.75, 3.05) is 0 Å². The Bertz CT molecular complexity index is 515. The highest BCUT2D eigenvalue weighted by atomic mass is 19.3. The average Bonchev–Trinajstić information content (AvgIpc) is 2.46. The lowest BCUT2D eigenvalue weighted by atomic mass is 10.1. The van der Waals surface area contributed by atoms with Crippen molar-refractivity contribution < 1.29 is 8.78 Å². The maximum absolute atomic E-state index is 13.8. The lowest BCUT2D eigenvalue weighted by Crippen LogP contribution is -2.08. The van der Waals surface area contributed by atoms with Gasteiger partial charge in [0.1, 0.15) is 0 Å². The van der Waals surface area contributed by atoms with Crippen LogP contribution in [-0.4, -0.2) is 0 Å². The van der Waals surface area contributed by atoms with Crippen molar-refractivity contribution in [3.8, 4) is 0 Å². The Balaban J connectivity index is 1.92. The first-order chi connectivity index (χ1) is 9.18. The Kier molecular flexibility index (Phi) is 4.45. The Morgan fingerprint density at radius 3 is 2.05 bits per heavy atom. The molecule has 0 aliphatic heterocycles. The van der Waals surface area contributed by atoms with Gasteiger partial charge in [-0.3, -0.25) is 0 Å². The molecule has 0 bridgehead atoms. The summed E-state index contributed by atoms with van der Waals surface area (Å²) in [6.45, 7) is 0. The number of hydrogen-bond donors (Lipinski definition) is 0. The minimum absolute atomic E-state index is 0.0333. The minimum Gasteiger partial charge on any atom is -0.197 e. The molecule has 0 heterocycles. The predicted molar refractivity (Wildman–Crippen MR) is 74.2 cm³/mol. The van der Waals surface area contributed by atoms with Crippen molar-refractivity contribution in [2.45, 2.75) is 18.8 Å². The van der Waals surface area contributed by atoms with Gasteiger partial charge in [-0.05, 0) is 24.5 Å². The van der Waals surface area contributed by atoms with Crippen LogP contribution in [0.2, 0.25) is 0 Å². The fourth-order valence-electron chi connectivity index (χ4n) is 1.88. The Hall–Kier alpha value is -1.96. The van der Waals surface area contributed by atoms with Gasteiger partial charge in [0.2, 0.25) is 0 Å². The van der Waals surface area contributed by atoms with Gasteiger partial charge in [-0.1, -0.05) is 66.7 Å². The van der Waals surface area contributed by atoms with Gasteiger partial charge < -0.3 is 0 Å². The molecule has 0 spiro atoms. The SMILES string of the molecule is FC(F)(/C=C/CCc1ccccc1)c1ccccc1. The number of benzene rings is 2. The summed E-state index contributed by atoms with van der Waals surface area (Å²) >= 11 is 0. The molecule has 0 saturated carbocycles. The maximum atomic E-state index is 13.8. The normalized spacial score (nSPS) is 11.9. The van der Waals surface area contributed by atoms with Crippen molar-refractivity contribution >= 4 is 0 Å². The number of hydrogen-bond acceptors (Lipinski definition) is 0. The van der Waals surface area contributed by atoms with Crippen LogP contribution in [0, 0.1) is 0 Å². The first kappa shape index (κ1) is 13.5. The molecule has 0 N–H and O–H groups in total. The molecular formula is C17H16F2. The average molecular weight is 258 g/mol. The van der Waals surface area contributed by atoms with Crippen molar-refractivity contribution in [1.29, 1.82) is 0 Å². The Labute approximate surface area is 112 Å². The highest BCUT2D eigenvalue weighted by molar-refractivity contribution is 5.24. The van der Waals surface area contributed by atoms with Crippen LogP contribution >= 0.6 is 0 Å². The van der Waals surface area contributed by atoms with E-state index in [9.17, 15) is 8.78 Å². The molecule has 0 aliphatic rings. The molecule has 19 heavy (non-hydrogen) atoms. The molecule has 0 amide bonds. The molecule has 2 heteroatoms. The zero-order valence-corrected chi connectivity index (χ0v) is 10.6. The fourth-order valence-corrected chi connectivity index (χ4v) is 1.88. The molecule has 2 rings (SSSR count). The van der Waals surface area contributed by atoms with Gasteiger partial charge in [0.25, 0.3) is 5.92 Å². The van der Waals surface area contributed by atoms with Crippen molar-refractivity contribution in [3.63, 3.8) is 0 Å². The standard InChI is InChI=1S/C17H16F2/c18-17(19,16-12-5-2-6-13-16)14-8-7-11-15-9-3-1-4-10-15/h1-6,8-10,12-14H,7,11H2/b14-8+. The monoisotopic (exact) mass is 258 g/mol. The summed E-state index contributed by atoms with van der Waals surface area (Å²) in [4.78, 5) is 0. The van der Waals surface area contributed by atoms with E-state index in [4.69, 9.17) is 0 Å². The molecule has 2 aromatic rings. The summed E-state index contributed by atoms with van der Waals surface area (Å²) in [6, 6.07) is 17.7. The number of allylic oxidation sites excluding steroid dienone is 2. The second-order valence-electron chi connectivity index (χ2n) is 4.42. The number of halogens is 2. The molecule has 0 radical (unpaired) electrons. The van der Waals surface area contributed by atoms with Gasteiger partial charge in [0.05, 0.1) is 0 Å². The molecular weight excluding hydrogens is 242 g/mol. The topological polar surface area (TPSA) is 0 Å². The summed E-state index contributed by atoms with van der Waals surface area (Å²) in [5.41, 5.74) is 1.20. The second-order valence-corrected chi connectivity index (χ2v) is 4.42. The van der Waals surface area contributed by atoms with E-state index >= 15 is 0 Å². The third-order valence-electron chi connectivity index (χ3n) is 2.93. The zero-order chi connectivity index (χ0) is 13.6. The first-order valence-corrected chi connectivity index (χ1v) is 6.33. The van der Waals surface area contributed by atoms with Crippen molar-refractivity contribution in [1.82, 2.24) is 0 Å². The Morgan fingerprint density at radius 1 is 0.842 bits per heavy atom. The molecule has 0 aromatic heterocycles. The van der Waals surface area contributed by atoms with Crippen LogP contribution in [0.5, 0.6) is 0 Å². The van der Waals surface area contributed by atoms with E-state index in [-0.39, 0.29) is 5.56 Å². The van der Waals surface area contributed by atoms with Gasteiger partial charge in [-0.2, -0.15) is 8.78 Å². The van der Waals surface area contributed by atoms with Gasteiger partial charge in [-0.15, -0.1) is 0 Å². The first-order valence-electron chi connectivity index (χ1n) is 6.33. The predicted octanol–water partition coefficient (Wildman–Crippen LogP) is 4.97. The molecule has 0 saturated heterocycles. The molecule has 0 nitrogen and oxygen atoms in total. The lowest BCUT2D eigenvalue weighted by molar-refractivity contribution is 0.0518. The summed E-state index contributed by atoms with van der Waals surface area (Å²) in [5.74, 6) is -2.89. The van der Waals surface area contributed by atoms with Gasteiger partial charge in [-0.25, -0.2) is 0 Å². The maximum Gasteiger partial charge on any atom is 0.291 e. The van der Waals surface area contributed by atoms with Crippen LogP contribution in [0.15, 0.2) is 72.8 Å². The highest BCUT2D eigenvalue weighted by Gasteiger charge is 2.26. The molecule has 0 atom stereocenters. The van der Waals surface area contributed by atoms with Gasteiger partial charge >= 0.3 is 0 Å². The van der Waals surface area contributed by atoms with Crippen LogP contribution < -0.4 is 0 Å². The minimum atomic E-state index is -2.89. The molecule has 98 valence electrons.